The highest BCUT2D eigenvalue weighted by Crippen LogP contribution is 2.20. The molecule has 1 atom stereocenters. The summed E-state index contributed by atoms with van der Waals surface area (Å²) in [5.41, 5.74) is 3.68. The molecule has 2 aromatic carbocycles. The van der Waals surface area contributed by atoms with Gasteiger partial charge in [-0.25, -0.2) is 0 Å². The molecule has 3 aromatic rings. The van der Waals surface area contributed by atoms with Crippen LogP contribution in [0.2, 0.25) is 0 Å². The van der Waals surface area contributed by atoms with Crippen LogP contribution in [0.1, 0.15) is 30.6 Å². The predicted octanol–water partition coefficient (Wildman–Crippen LogP) is 4.80. The van der Waals surface area contributed by atoms with Crippen molar-refractivity contribution >= 4 is 16.8 Å². The maximum Gasteiger partial charge on any atom is 0.249 e. The number of aromatic nitrogens is 1. The van der Waals surface area contributed by atoms with Crippen molar-refractivity contribution < 1.29 is 9.90 Å². The molecule has 2 N–H and O–H groups in total. The van der Waals surface area contributed by atoms with Crippen LogP contribution in [0, 0.1) is 0 Å². The van der Waals surface area contributed by atoms with E-state index >= 15 is 0 Å². The molecular formula is C25H28N2O2. The van der Waals surface area contributed by atoms with Crippen LogP contribution in [0.5, 0.6) is 0 Å². The minimum absolute atomic E-state index is 0.0535. The largest absolute Gasteiger partial charge is 0.384 e. The van der Waals surface area contributed by atoms with E-state index in [0.29, 0.717) is 25.1 Å². The molecule has 0 spiro atoms. The Hall–Kier alpha value is -3.11. The van der Waals surface area contributed by atoms with Gasteiger partial charge in [-0.15, -0.1) is 6.58 Å². The van der Waals surface area contributed by atoms with E-state index in [4.69, 9.17) is 0 Å². The second-order valence-corrected chi connectivity index (χ2v) is 7.05. The Balaban J connectivity index is 1.75. The highest BCUT2D eigenvalue weighted by atomic mass is 16.3. The van der Waals surface area contributed by atoms with Crippen molar-refractivity contribution in [2.24, 2.45) is 0 Å². The van der Waals surface area contributed by atoms with Crippen LogP contribution in [0.4, 0.5) is 0 Å². The third-order valence-corrected chi connectivity index (χ3v) is 5.12. The minimum atomic E-state index is -0.797. The van der Waals surface area contributed by atoms with Gasteiger partial charge >= 0.3 is 0 Å². The van der Waals surface area contributed by atoms with Gasteiger partial charge in [-0.3, -0.25) is 4.79 Å². The van der Waals surface area contributed by atoms with E-state index in [9.17, 15) is 9.90 Å². The van der Waals surface area contributed by atoms with Gasteiger partial charge in [-0.05, 0) is 36.1 Å². The lowest BCUT2D eigenvalue weighted by Crippen LogP contribution is -2.34. The zero-order chi connectivity index (χ0) is 20.6. The molecule has 0 aliphatic heterocycles. The van der Waals surface area contributed by atoms with Crippen LogP contribution in [-0.4, -0.2) is 34.0 Å². The molecule has 1 amide bonds. The van der Waals surface area contributed by atoms with Gasteiger partial charge in [0.1, 0.15) is 0 Å². The number of aliphatic hydroxyl groups is 1. The van der Waals surface area contributed by atoms with Crippen LogP contribution in [0.3, 0.4) is 0 Å². The number of hydrogen-bond donors (Lipinski definition) is 2. The van der Waals surface area contributed by atoms with Gasteiger partial charge in [-0.1, -0.05) is 61.5 Å². The van der Waals surface area contributed by atoms with Crippen molar-refractivity contribution in [3.8, 4) is 0 Å². The number of para-hydroxylation sites is 1. The Morgan fingerprint density at radius 1 is 1.17 bits per heavy atom. The number of hydrogen-bond acceptors (Lipinski definition) is 2. The van der Waals surface area contributed by atoms with E-state index in [1.165, 1.54) is 10.9 Å². The third kappa shape index (κ3) is 5.04. The fourth-order valence-corrected chi connectivity index (χ4v) is 3.51. The number of aromatic amines is 1. The summed E-state index contributed by atoms with van der Waals surface area (Å²) >= 11 is 0. The number of H-pyrrole nitrogens is 1. The van der Waals surface area contributed by atoms with Gasteiger partial charge in [-0.2, -0.15) is 0 Å². The molecule has 0 fully saturated rings. The topological polar surface area (TPSA) is 56.3 Å². The molecule has 0 aliphatic rings. The van der Waals surface area contributed by atoms with Crippen LogP contribution >= 0.6 is 0 Å². The molecule has 4 nitrogen and oxygen atoms in total. The zero-order valence-corrected chi connectivity index (χ0v) is 16.8. The number of nitrogens with one attached hydrogen (secondary N) is 1. The summed E-state index contributed by atoms with van der Waals surface area (Å²) in [6.45, 7) is 6.80. The molecule has 150 valence electrons. The number of rotatable bonds is 9. The molecule has 0 saturated carbocycles. The number of fused-ring (bicyclic) bond motifs is 1. The van der Waals surface area contributed by atoms with Crippen LogP contribution in [0.25, 0.3) is 10.9 Å². The van der Waals surface area contributed by atoms with Crippen molar-refractivity contribution in [3.05, 3.63) is 96.2 Å². The van der Waals surface area contributed by atoms with E-state index in [1.807, 2.05) is 61.7 Å². The highest BCUT2D eigenvalue weighted by molar-refractivity contribution is 5.93. The molecule has 0 radical (unpaired) electrons. The standard InChI is InChI=1S/C25H28N2O2/c1-3-15-27(16-14-21-18-26-23-13-9-8-12-22(21)23)25(29)19(4-2)17-24(28)20-10-6-5-7-11-20/h3,5-13,17-18,24,26,28H,1,4,14-16H2,2H3/b19-17+/t24-/m1/s1. The SMILES string of the molecule is C=CCN(CCc1c[nH]c2ccccc12)C(=O)/C(=C/[C@@H](O)c1ccccc1)CC. The van der Waals surface area contributed by atoms with Gasteiger partial charge in [0.2, 0.25) is 5.91 Å². The van der Waals surface area contributed by atoms with E-state index in [0.717, 1.165) is 17.5 Å². The molecular weight excluding hydrogens is 360 g/mol. The molecule has 0 aliphatic carbocycles. The number of nitrogens with zero attached hydrogens (tertiary/aromatic N) is 1. The van der Waals surface area contributed by atoms with E-state index in [-0.39, 0.29) is 5.91 Å². The lowest BCUT2D eigenvalue weighted by Gasteiger charge is -2.23. The molecule has 0 saturated heterocycles. The van der Waals surface area contributed by atoms with E-state index in [1.54, 1.807) is 17.1 Å². The van der Waals surface area contributed by atoms with Crippen molar-refractivity contribution in [1.29, 1.82) is 0 Å². The van der Waals surface area contributed by atoms with Gasteiger partial charge in [0, 0.05) is 35.8 Å². The number of carbonyl (C=O) groups is 1. The summed E-state index contributed by atoms with van der Waals surface area (Å²) in [5.74, 6) is -0.0535. The zero-order valence-electron chi connectivity index (χ0n) is 16.8. The number of benzene rings is 2. The first kappa shape index (κ1) is 20.6. The molecule has 3 rings (SSSR count). The van der Waals surface area contributed by atoms with Crippen LogP contribution < -0.4 is 0 Å². The Morgan fingerprint density at radius 2 is 1.90 bits per heavy atom. The van der Waals surface area contributed by atoms with Gasteiger partial charge in [0.05, 0.1) is 6.10 Å². The maximum absolute atomic E-state index is 13.1. The molecule has 1 heterocycles. The van der Waals surface area contributed by atoms with Crippen LogP contribution in [0.15, 0.2) is 85.1 Å². The molecule has 0 bridgehead atoms. The van der Waals surface area contributed by atoms with E-state index in [2.05, 4.69) is 17.6 Å². The number of aliphatic hydroxyl groups excluding tert-OH is 1. The quantitative estimate of drug-likeness (QED) is 0.409. The lowest BCUT2D eigenvalue weighted by atomic mass is 10.0. The summed E-state index contributed by atoms with van der Waals surface area (Å²) in [4.78, 5) is 18.2. The maximum atomic E-state index is 13.1. The monoisotopic (exact) mass is 388 g/mol. The second kappa shape index (κ2) is 9.89. The third-order valence-electron chi connectivity index (χ3n) is 5.12. The summed E-state index contributed by atoms with van der Waals surface area (Å²) in [6, 6.07) is 17.6. The fraction of sp³-hybridized carbons (Fsp3) is 0.240. The molecule has 4 heteroatoms. The number of carbonyl (C=O) groups excluding carboxylic acids is 1. The van der Waals surface area contributed by atoms with E-state index < -0.39 is 6.10 Å². The first-order chi connectivity index (χ1) is 14.1. The van der Waals surface area contributed by atoms with Crippen molar-refractivity contribution in [3.63, 3.8) is 0 Å². The number of amides is 1. The average molecular weight is 389 g/mol. The minimum Gasteiger partial charge on any atom is -0.384 e. The predicted molar refractivity (Wildman–Crippen MR) is 119 cm³/mol. The molecule has 0 unspecified atom stereocenters. The fourth-order valence-electron chi connectivity index (χ4n) is 3.51. The van der Waals surface area contributed by atoms with Gasteiger partial charge in [0.15, 0.2) is 0 Å². The van der Waals surface area contributed by atoms with Gasteiger partial charge in [0.25, 0.3) is 0 Å². The van der Waals surface area contributed by atoms with Gasteiger partial charge < -0.3 is 15.0 Å². The van der Waals surface area contributed by atoms with Crippen molar-refractivity contribution in [2.75, 3.05) is 13.1 Å². The van der Waals surface area contributed by atoms with Crippen LogP contribution in [-0.2, 0) is 11.2 Å². The lowest BCUT2D eigenvalue weighted by molar-refractivity contribution is -0.126. The van der Waals surface area contributed by atoms with Crippen molar-refractivity contribution in [1.82, 2.24) is 9.88 Å². The Morgan fingerprint density at radius 3 is 2.62 bits per heavy atom. The summed E-state index contributed by atoms with van der Waals surface area (Å²) in [5, 5.41) is 11.7. The normalized spacial score (nSPS) is 12.7. The summed E-state index contributed by atoms with van der Waals surface area (Å²) in [7, 11) is 0. The second-order valence-electron chi connectivity index (χ2n) is 7.05. The Bertz CT molecular complexity index is 988. The first-order valence-corrected chi connectivity index (χ1v) is 10.0. The summed E-state index contributed by atoms with van der Waals surface area (Å²) in [6.07, 6.45) is 5.93. The first-order valence-electron chi connectivity index (χ1n) is 10.0. The smallest absolute Gasteiger partial charge is 0.249 e. The average Bonchev–Trinajstić information content (AvgIpc) is 3.18. The molecule has 1 aromatic heterocycles. The van der Waals surface area contributed by atoms with Crippen molar-refractivity contribution in [2.45, 2.75) is 25.9 Å². The Labute approximate surface area is 172 Å². The highest BCUT2D eigenvalue weighted by Gasteiger charge is 2.18. The molecule has 29 heavy (non-hydrogen) atoms. The Kier molecular flexibility index (Phi) is 7.04. The summed E-state index contributed by atoms with van der Waals surface area (Å²) < 4.78 is 0.